The third-order valence-electron chi connectivity index (χ3n) is 9.87. The molecule has 216 valence electrons. The smallest absolute Gasteiger partial charge is 0.310 e. The Kier molecular flexibility index (Phi) is 7.25. The van der Waals surface area contributed by atoms with Crippen molar-refractivity contribution in [3.05, 3.63) is 64.0 Å². The molecule has 41 heavy (non-hydrogen) atoms. The van der Waals surface area contributed by atoms with Crippen molar-refractivity contribution in [3.63, 3.8) is 0 Å². The maximum atomic E-state index is 11.7. The number of fused-ring (bicyclic) bond motifs is 2. The Morgan fingerprint density at radius 2 is 1.98 bits per heavy atom. The second-order valence-electron chi connectivity index (χ2n) is 12.3. The van der Waals surface area contributed by atoms with E-state index in [9.17, 15) is 9.90 Å². The number of aryl methyl sites for hydroxylation is 1. The summed E-state index contributed by atoms with van der Waals surface area (Å²) in [4.78, 5) is 21.6. The van der Waals surface area contributed by atoms with Crippen LogP contribution in [0.2, 0.25) is 0 Å². The van der Waals surface area contributed by atoms with E-state index in [4.69, 9.17) is 14.5 Å². The summed E-state index contributed by atoms with van der Waals surface area (Å²) in [6.45, 7) is 8.18. The molecule has 0 radical (unpaired) electrons. The van der Waals surface area contributed by atoms with Crippen molar-refractivity contribution in [2.24, 2.45) is 11.3 Å². The van der Waals surface area contributed by atoms with Gasteiger partial charge in [0.1, 0.15) is 12.4 Å². The van der Waals surface area contributed by atoms with Crippen LogP contribution in [0, 0.1) is 18.3 Å². The zero-order valence-electron chi connectivity index (χ0n) is 23.8. The number of piperidine rings is 1. The molecule has 0 spiro atoms. The summed E-state index contributed by atoms with van der Waals surface area (Å²) in [5.41, 5.74) is 6.69. The first kappa shape index (κ1) is 26.9. The van der Waals surface area contributed by atoms with Gasteiger partial charge in [-0.1, -0.05) is 30.3 Å². The lowest BCUT2D eigenvalue weighted by Crippen LogP contribution is -2.40. The van der Waals surface area contributed by atoms with Gasteiger partial charge in [-0.2, -0.15) is 0 Å². The lowest BCUT2D eigenvalue weighted by atomic mass is 9.96. The van der Waals surface area contributed by atoms with Gasteiger partial charge in [0.25, 0.3) is 0 Å². The van der Waals surface area contributed by atoms with Crippen molar-refractivity contribution >= 4 is 22.4 Å². The summed E-state index contributed by atoms with van der Waals surface area (Å²) in [5, 5.41) is 12.7. The number of anilines is 1. The van der Waals surface area contributed by atoms with Gasteiger partial charge >= 0.3 is 5.97 Å². The number of carboxylic acids is 1. The molecule has 7 nitrogen and oxygen atoms in total. The van der Waals surface area contributed by atoms with Crippen molar-refractivity contribution in [1.82, 2.24) is 9.88 Å². The molecule has 3 fully saturated rings. The van der Waals surface area contributed by atoms with Crippen LogP contribution in [0.4, 0.5) is 5.13 Å². The number of thiazole rings is 1. The zero-order chi connectivity index (χ0) is 28.0. The Balaban J connectivity index is 1.03. The highest BCUT2D eigenvalue weighted by Crippen LogP contribution is 2.58. The normalized spacial score (nSPS) is 24.8. The summed E-state index contributed by atoms with van der Waals surface area (Å²) < 4.78 is 12.1. The molecule has 2 unspecified atom stereocenters. The number of ether oxygens (including phenoxy) is 2. The highest BCUT2D eigenvalue weighted by atomic mass is 32.1. The van der Waals surface area contributed by atoms with E-state index in [1.807, 2.05) is 0 Å². The number of carboxylic acid groups (broad SMARTS) is 1. The quantitative estimate of drug-likeness (QED) is 0.396. The number of benzene rings is 2. The monoisotopic (exact) mass is 573 g/mol. The molecule has 1 aromatic heterocycles. The first-order valence-corrected chi connectivity index (χ1v) is 16.0. The number of carbonyl (C=O) groups is 1. The van der Waals surface area contributed by atoms with E-state index in [0.29, 0.717) is 19.1 Å². The van der Waals surface area contributed by atoms with Crippen LogP contribution < -0.4 is 9.64 Å². The maximum Gasteiger partial charge on any atom is 0.310 e. The molecule has 7 rings (SSSR count). The number of nitrogens with zero attached hydrogens (tertiary/aromatic N) is 3. The van der Waals surface area contributed by atoms with Crippen LogP contribution >= 0.6 is 11.3 Å². The fraction of sp³-hybridized carbons (Fsp3) is 0.515. The molecule has 3 aliphatic heterocycles. The third-order valence-corrected chi connectivity index (χ3v) is 10.8. The van der Waals surface area contributed by atoms with Crippen LogP contribution in [0.3, 0.4) is 0 Å². The lowest BCUT2D eigenvalue weighted by molar-refractivity contribution is -0.144. The Bertz CT molecular complexity index is 1430. The number of para-hydroxylation sites is 1. The van der Waals surface area contributed by atoms with Gasteiger partial charge in [-0.3, -0.25) is 9.69 Å². The Morgan fingerprint density at radius 3 is 2.78 bits per heavy atom. The number of hydrogen-bond acceptors (Lipinski definition) is 7. The van der Waals surface area contributed by atoms with Gasteiger partial charge < -0.3 is 19.5 Å². The van der Waals surface area contributed by atoms with Crippen molar-refractivity contribution in [1.29, 1.82) is 0 Å². The van der Waals surface area contributed by atoms with E-state index in [-0.39, 0.29) is 5.92 Å². The van der Waals surface area contributed by atoms with Crippen LogP contribution in [0.15, 0.2) is 41.8 Å². The van der Waals surface area contributed by atoms with Gasteiger partial charge in [-0.25, -0.2) is 4.98 Å². The first-order valence-electron chi connectivity index (χ1n) is 15.1. The Hall–Kier alpha value is -2.94. The van der Waals surface area contributed by atoms with E-state index < -0.39 is 11.4 Å². The van der Waals surface area contributed by atoms with Gasteiger partial charge in [0.05, 0.1) is 11.1 Å². The fourth-order valence-corrected chi connectivity index (χ4v) is 8.06. The largest absolute Gasteiger partial charge is 0.488 e. The molecule has 8 heteroatoms. The molecule has 2 aromatic carbocycles. The van der Waals surface area contributed by atoms with E-state index in [2.05, 4.69) is 58.5 Å². The first-order chi connectivity index (χ1) is 20.0. The van der Waals surface area contributed by atoms with E-state index in [1.54, 1.807) is 11.3 Å². The SMILES string of the molecule is Cc1cccc(-c2csc(N3CCC4(C(=O)O)CC4C3)n2)c1OCc1ccc2c(c1)CCN(C1CCOCC1)CC2. The fourth-order valence-electron chi connectivity index (χ4n) is 7.20. The van der Waals surface area contributed by atoms with Crippen molar-refractivity contribution in [3.8, 4) is 17.0 Å². The average Bonchev–Trinajstić information content (AvgIpc) is 3.62. The lowest BCUT2D eigenvalue weighted by Gasteiger charge is -2.33. The van der Waals surface area contributed by atoms with Crippen molar-refractivity contribution < 1.29 is 19.4 Å². The van der Waals surface area contributed by atoms with Crippen molar-refractivity contribution in [2.75, 3.05) is 44.3 Å². The molecule has 3 aromatic rings. The predicted molar refractivity (Wildman–Crippen MR) is 161 cm³/mol. The summed E-state index contributed by atoms with van der Waals surface area (Å²) in [6, 6.07) is 13.8. The van der Waals surface area contributed by atoms with Crippen LogP contribution in [0.25, 0.3) is 11.3 Å². The van der Waals surface area contributed by atoms with E-state index in [1.165, 1.54) is 16.7 Å². The molecule has 1 saturated carbocycles. The van der Waals surface area contributed by atoms with Crippen LogP contribution in [-0.4, -0.2) is 66.4 Å². The number of rotatable bonds is 7. The van der Waals surface area contributed by atoms with Crippen LogP contribution in [0.1, 0.15) is 47.9 Å². The molecule has 2 saturated heterocycles. The minimum Gasteiger partial charge on any atom is -0.488 e. The minimum atomic E-state index is -0.630. The highest BCUT2D eigenvalue weighted by molar-refractivity contribution is 7.14. The van der Waals surface area contributed by atoms with Gasteiger partial charge in [0.15, 0.2) is 5.13 Å². The highest BCUT2D eigenvalue weighted by Gasteiger charge is 2.62. The topological polar surface area (TPSA) is 75.1 Å². The third kappa shape index (κ3) is 5.26. The minimum absolute atomic E-state index is 0.241. The second-order valence-corrected chi connectivity index (χ2v) is 13.1. The van der Waals surface area contributed by atoms with Gasteiger partial charge in [-0.15, -0.1) is 11.3 Å². The number of aromatic nitrogens is 1. The molecule has 2 atom stereocenters. The van der Waals surface area contributed by atoms with Crippen LogP contribution in [-0.2, 0) is 29.0 Å². The van der Waals surface area contributed by atoms with Gasteiger partial charge in [0.2, 0.25) is 0 Å². The van der Waals surface area contributed by atoms with E-state index in [0.717, 1.165) is 99.2 Å². The number of aliphatic carboxylic acids is 1. The molecular weight excluding hydrogens is 534 g/mol. The molecule has 4 heterocycles. The zero-order valence-corrected chi connectivity index (χ0v) is 24.6. The number of hydrogen-bond donors (Lipinski definition) is 1. The Labute approximate surface area is 246 Å². The summed E-state index contributed by atoms with van der Waals surface area (Å²) >= 11 is 1.64. The molecule has 1 aliphatic carbocycles. The predicted octanol–water partition coefficient (Wildman–Crippen LogP) is 5.58. The van der Waals surface area contributed by atoms with Gasteiger partial charge in [0, 0.05) is 56.4 Å². The van der Waals surface area contributed by atoms with E-state index >= 15 is 0 Å². The maximum absolute atomic E-state index is 11.7. The molecule has 0 bridgehead atoms. The molecule has 0 amide bonds. The summed E-state index contributed by atoms with van der Waals surface area (Å²) in [5.74, 6) is 0.496. The molecule has 1 N–H and O–H groups in total. The average molecular weight is 574 g/mol. The molecule has 4 aliphatic rings. The Morgan fingerprint density at radius 1 is 1.15 bits per heavy atom. The second kappa shape index (κ2) is 11.0. The van der Waals surface area contributed by atoms with Crippen LogP contribution in [0.5, 0.6) is 5.75 Å². The van der Waals surface area contributed by atoms with Crippen molar-refractivity contribution in [2.45, 2.75) is 58.1 Å². The summed E-state index contributed by atoms with van der Waals surface area (Å²) in [6.07, 6.45) is 6.00. The standard InChI is InChI=1S/C33H39N3O4S/c1-22-3-2-4-28(29-21-41-32(34-29)36-14-11-33(31(37)38)18-26(33)19-36)30(22)40-20-23-5-6-24-7-12-35(13-8-25(24)17-23)27-9-15-39-16-10-27/h2-6,17,21,26-27H,7-16,18-20H2,1H3,(H,37,38). The van der Waals surface area contributed by atoms with Gasteiger partial charge in [-0.05, 0) is 79.7 Å². The summed E-state index contributed by atoms with van der Waals surface area (Å²) in [7, 11) is 0. The molecular formula is C33H39N3O4S.